The number of fused-ring (bicyclic) bond motifs is 1. The number of carbonyl (C=O) groups is 1. The Morgan fingerprint density at radius 1 is 1.27 bits per heavy atom. The molecule has 2 heterocycles. The van der Waals surface area contributed by atoms with Crippen LogP contribution in [-0.4, -0.2) is 55.5 Å². The Kier molecular flexibility index (Phi) is 7.22. The van der Waals surface area contributed by atoms with Crippen LogP contribution in [0.2, 0.25) is 5.02 Å². The SMILES string of the molecule is CN(C)CCCOc1ccc2c(Cl)c(CC3CCCC(N4CCCC4=O)C3)sc2c1. The number of benzene rings is 1. The lowest BCUT2D eigenvalue weighted by molar-refractivity contribution is -0.130. The number of hydrogen-bond acceptors (Lipinski definition) is 4. The summed E-state index contributed by atoms with van der Waals surface area (Å²) in [5.41, 5.74) is 0. The molecule has 4 rings (SSSR count). The first-order valence-corrected chi connectivity index (χ1v) is 12.5. The van der Waals surface area contributed by atoms with Gasteiger partial charge in [0.05, 0.1) is 11.6 Å². The highest BCUT2D eigenvalue weighted by Gasteiger charge is 2.32. The zero-order valence-corrected chi connectivity index (χ0v) is 19.7. The van der Waals surface area contributed by atoms with Crippen molar-refractivity contribution in [3.05, 3.63) is 28.1 Å². The van der Waals surface area contributed by atoms with Gasteiger partial charge in [0, 0.05) is 40.5 Å². The Morgan fingerprint density at radius 3 is 2.90 bits per heavy atom. The Hall–Kier alpha value is -1.30. The van der Waals surface area contributed by atoms with E-state index in [4.69, 9.17) is 16.3 Å². The van der Waals surface area contributed by atoms with E-state index < -0.39 is 0 Å². The van der Waals surface area contributed by atoms with E-state index in [9.17, 15) is 4.79 Å². The second-order valence-corrected chi connectivity index (χ2v) is 10.6. The molecule has 4 nitrogen and oxygen atoms in total. The van der Waals surface area contributed by atoms with Gasteiger partial charge in [-0.25, -0.2) is 0 Å². The van der Waals surface area contributed by atoms with Crippen molar-refractivity contribution in [3.8, 4) is 5.75 Å². The van der Waals surface area contributed by atoms with E-state index in [0.29, 0.717) is 17.9 Å². The Morgan fingerprint density at radius 2 is 2.13 bits per heavy atom. The van der Waals surface area contributed by atoms with Crippen LogP contribution in [0.25, 0.3) is 10.1 Å². The summed E-state index contributed by atoms with van der Waals surface area (Å²) in [7, 11) is 4.16. The number of carbonyl (C=O) groups excluding carboxylic acids is 1. The summed E-state index contributed by atoms with van der Waals surface area (Å²) in [6, 6.07) is 6.72. The molecule has 0 N–H and O–H groups in total. The molecule has 1 aliphatic heterocycles. The summed E-state index contributed by atoms with van der Waals surface area (Å²) in [5, 5.41) is 2.05. The second kappa shape index (κ2) is 9.88. The molecule has 2 unspecified atom stereocenters. The lowest BCUT2D eigenvalue weighted by Gasteiger charge is -2.35. The molecule has 1 saturated carbocycles. The fraction of sp³-hybridized carbons (Fsp3) is 0.625. The van der Waals surface area contributed by atoms with E-state index in [1.54, 1.807) is 0 Å². The largest absolute Gasteiger partial charge is 0.493 e. The van der Waals surface area contributed by atoms with E-state index in [-0.39, 0.29) is 0 Å². The molecule has 2 aliphatic rings. The van der Waals surface area contributed by atoms with Gasteiger partial charge in [-0.05, 0) is 76.7 Å². The summed E-state index contributed by atoms with van der Waals surface area (Å²) in [6.07, 6.45) is 8.55. The molecule has 6 heteroatoms. The lowest BCUT2D eigenvalue weighted by Crippen LogP contribution is -2.39. The summed E-state index contributed by atoms with van der Waals surface area (Å²) in [4.78, 5) is 17.8. The molecular weight excluding hydrogens is 416 g/mol. The first kappa shape index (κ1) is 21.9. The number of hydrogen-bond donors (Lipinski definition) is 0. The smallest absolute Gasteiger partial charge is 0.222 e. The van der Waals surface area contributed by atoms with Gasteiger partial charge in [0.25, 0.3) is 0 Å². The first-order valence-electron chi connectivity index (χ1n) is 11.3. The van der Waals surface area contributed by atoms with E-state index in [0.717, 1.165) is 74.4 Å². The van der Waals surface area contributed by atoms with Gasteiger partial charge < -0.3 is 14.5 Å². The molecule has 30 heavy (non-hydrogen) atoms. The highest BCUT2D eigenvalue weighted by molar-refractivity contribution is 7.19. The molecule has 164 valence electrons. The van der Waals surface area contributed by atoms with Crippen molar-refractivity contribution in [3.63, 3.8) is 0 Å². The minimum absolute atomic E-state index is 0.360. The predicted molar refractivity (Wildman–Crippen MR) is 126 cm³/mol. The normalized spacial score (nSPS) is 22.4. The third-order valence-electron chi connectivity index (χ3n) is 6.47. The van der Waals surface area contributed by atoms with Crippen LogP contribution in [0.4, 0.5) is 0 Å². The van der Waals surface area contributed by atoms with Gasteiger partial charge in [0.2, 0.25) is 5.91 Å². The van der Waals surface area contributed by atoms with Crippen LogP contribution in [0.3, 0.4) is 0 Å². The van der Waals surface area contributed by atoms with Gasteiger partial charge in [0.1, 0.15) is 5.75 Å². The summed E-state index contributed by atoms with van der Waals surface area (Å²) >= 11 is 8.59. The quantitative estimate of drug-likeness (QED) is 0.492. The topological polar surface area (TPSA) is 32.8 Å². The molecule has 1 amide bonds. The Labute approximate surface area is 189 Å². The van der Waals surface area contributed by atoms with E-state index in [2.05, 4.69) is 36.0 Å². The molecule has 0 bridgehead atoms. The summed E-state index contributed by atoms with van der Waals surface area (Å²) in [6.45, 7) is 2.72. The van der Waals surface area contributed by atoms with E-state index in [1.807, 2.05) is 17.4 Å². The third kappa shape index (κ3) is 5.12. The number of likely N-dealkylation sites (tertiary alicyclic amines) is 1. The Balaban J connectivity index is 1.40. The van der Waals surface area contributed by atoms with Gasteiger partial charge in [-0.2, -0.15) is 0 Å². The predicted octanol–water partition coefficient (Wildman–Crippen LogP) is 5.61. The molecule has 2 atom stereocenters. The van der Waals surface area contributed by atoms with Crippen LogP contribution in [0.15, 0.2) is 18.2 Å². The van der Waals surface area contributed by atoms with Crippen LogP contribution < -0.4 is 4.74 Å². The van der Waals surface area contributed by atoms with Crippen molar-refractivity contribution >= 4 is 38.9 Å². The number of ether oxygens (including phenoxy) is 1. The van der Waals surface area contributed by atoms with Crippen LogP contribution >= 0.6 is 22.9 Å². The van der Waals surface area contributed by atoms with Gasteiger partial charge >= 0.3 is 0 Å². The molecule has 1 aromatic carbocycles. The summed E-state index contributed by atoms with van der Waals surface area (Å²) < 4.78 is 7.15. The van der Waals surface area contributed by atoms with Crippen molar-refractivity contribution in [1.82, 2.24) is 9.80 Å². The molecule has 1 aliphatic carbocycles. The minimum atomic E-state index is 0.360. The van der Waals surface area contributed by atoms with E-state index in [1.165, 1.54) is 22.4 Å². The first-order chi connectivity index (χ1) is 14.5. The monoisotopic (exact) mass is 448 g/mol. The summed E-state index contributed by atoms with van der Waals surface area (Å²) in [5.74, 6) is 1.90. The molecule has 2 fully saturated rings. The molecule has 2 aromatic rings. The molecule has 1 saturated heterocycles. The van der Waals surface area contributed by atoms with Gasteiger partial charge in [-0.3, -0.25) is 4.79 Å². The van der Waals surface area contributed by atoms with Crippen LogP contribution in [0.1, 0.15) is 49.8 Å². The maximum absolute atomic E-state index is 12.2. The van der Waals surface area contributed by atoms with Crippen molar-refractivity contribution < 1.29 is 9.53 Å². The number of rotatable bonds is 8. The van der Waals surface area contributed by atoms with Gasteiger partial charge in [-0.1, -0.05) is 18.0 Å². The van der Waals surface area contributed by atoms with Crippen LogP contribution in [-0.2, 0) is 11.2 Å². The highest BCUT2D eigenvalue weighted by Crippen LogP contribution is 2.41. The maximum atomic E-state index is 12.2. The fourth-order valence-electron chi connectivity index (χ4n) is 4.94. The van der Waals surface area contributed by atoms with Crippen molar-refractivity contribution in [2.75, 3.05) is 33.8 Å². The average Bonchev–Trinajstić information content (AvgIpc) is 3.28. The standard InChI is InChI=1S/C24H33ClN2O2S/c1-26(2)11-5-13-29-19-9-10-20-21(16-19)30-22(24(20)25)15-17-6-3-7-18(14-17)27-12-4-8-23(27)28/h9-10,16-18H,3-8,11-15H2,1-2H3. The fourth-order valence-corrected chi connectivity index (χ4v) is 6.59. The second-order valence-electron chi connectivity index (χ2n) is 9.08. The van der Waals surface area contributed by atoms with Crippen LogP contribution in [0.5, 0.6) is 5.75 Å². The maximum Gasteiger partial charge on any atom is 0.222 e. The average molecular weight is 449 g/mol. The van der Waals surface area contributed by atoms with Gasteiger partial charge in [-0.15, -0.1) is 11.3 Å². The Bertz CT molecular complexity index is 881. The third-order valence-corrected chi connectivity index (χ3v) is 8.18. The lowest BCUT2D eigenvalue weighted by atomic mass is 9.83. The molecule has 0 spiro atoms. The van der Waals surface area contributed by atoms with Crippen molar-refractivity contribution in [2.45, 2.75) is 57.4 Å². The molecule has 0 radical (unpaired) electrons. The van der Waals surface area contributed by atoms with Crippen LogP contribution in [0, 0.1) is 5.92 Å². The number of amides is 1. The zero-order chi connectivity index (χ0) is 21.1. The van der Waals surface area contributed by atoms with Crippen molar-refractivity contribution in [1.29, 1.82) is 0 Å². The molecule has 1 aromatic heterocycles. The van der Waals surface area contributed by atoms with Gasteiger partial charge in [0.15, 0.2) is 0 Å². The zero-order valence-electron chi connectivity index (χ0n) is 18.2. The van der Waals surface area contributed by atoms with E-state index >= 15 is 0 Å². The minimum Gasteiger partial charge on any atom is -0.493 e. The number of thiophene rings is 1. The van der Waals surface area contributed by atoms with Crippen molar-refractivity contribution in [2.24, 2.45) is 5.92 Å². The highest BCUT2D eigenvalue weighted by atomic mass is 35.5. The number of nitrogens with zero attached hydrogens (tertiary/aromatic N) is 2. The molecular formula is C24H33ClN2O2S. The number of halogens is 1.